The van der Waals surface area contributed by atoms with Crippen molar-refractivity contribution in [2.45, 2.75) is 205 Å². The number of carbonyl (C=O) groups is 1. The lowest BCUT2D eigenvalue weighted by Crippen LogP contribution is -2.48. The van der Waals surface area contributed by atoms with Crippen LogP contribution < -0.4 is 5.32 Å². The molecule has 0 aliphatic carbocycles. The van der Waals surface area contributed by atoms with E-state index < -0.39 is 24.2 Å². The molecule has 0 fully saturated rings. The van der Waals surface area contributed by atoms with Gasteiger partial charge in [0.25, 0.3) is 0 Å². The molecule has 0 aromatic rings. The summed E-state index contributed by atoms with van der Waals surface area (Å²) in [6.07, 6.45) is 47.0. The van der Waals surface area contributed by atoms with Crippen molar-refractivity contribution in [3.05, 3.63) is 48.6 Å². The van der Waals surface area contributed by atoms with E-state index in [2.05, 4.69) is 55.6 Å². The second-order valence-corrected chi connectivity index (χ2v) is 13.5. The molecule has 0 aliphatic rings. The summed E-state index contributed by atoms with van der Waals surface area (Å²) >= 11 is 0. The van der Waals surface area contributed by atoms with E-state index in [0.29, 0.717) is 6.42 Å². The largest absolute Gasteiger partial charge is 0.394 e. The monoisotopic (exact) mass is 660 g/mol. The smallest absolute Gasteiger partial charge is 0.249 e. The van der Waals surface area contributed by atoms with Gasteiger partial charge in [-0.1, -0.05) is 165 Å². The van der Waals surface area contributed by atoms with Crippen molar-refractivity contribution in [3.8, 4) is 0 Å². The van der Waals surface area contributed by atoms with Gasteiger partial charge in [0.15, 0.2) is 0 Å². The number of unbranched alkanes of at least 4 members (excludes halogenated alkanes) is 21. The molecule has 0 saturated carbocycles. The lowest BCUT2D eigenvalue weighted by Gasteiger charge is -2.21. The highest BCUT2D eigenvalue weighted by Gasteiger charge is 2.22. The lowest BCUT2D eigenvalue weighted by molar-refractivity contribution is -0.131. The molecule has 5 nitrogen and oxygen atoms in total. The third kappa shape index (κ3) is 32.6. The van der Waals surface area contributed by atoms with Gasteiger partial charge in [-0.25, -0.2) is 0 Å². The Hall–Kier alpha value is -1.69. The molecule has 0 aliphatic heterocycles. The van der Waals surface area contributed by atoms with Gasteiger partial charge in [-0.05, 0) is 70.6 Å². The summed E-state index contributed by atoms with van der Waals surface area (Å²) in [7, 11) is 0. The average Bonchev–Trinajstić information content (AvgIpc) is 3.07. The molecule has 47 heavy (non-hydrogen) atoms. The zero-order valence-corrected chi connectivity index (χ0v) is 30.9. The Labute approximate surface area is 291 Å². The number of aliphatic hydroxyl groups is 3. The molecule has 0 aromatic carbocycles. The first-order valence-corrected chi connectivity index (χ1v) is 20.0. The molecule has 3 unspecified atom stereocenters. The molecule has 4 N–H and O–H groups in total. The van der Waals surface area contributed by atoms with Crippen LogP contribution in [0.5, 0.6) is 0 Å². The van der Waals surface area contributed by atoms with E-state index in [4.69, 9.17) is 0 Å². The Morgan fingerprint density at radius 3 is 1.30 bits per heavy atom. The minimum atomic E-state index is -1.12. The number of aliphatic hydroxyl groups excluding tert-OH is 3. The average molecular weight is 660 g/mol. The zero-order chi connectivity index (χ0) is 34.5. The Morgan fingerprint density at radius 2 is 0.872 bits per heavy atom. The summed E-state index contributed by atoms with van der Waals surface area (Å²) in [5.74, 6) is -0.528. The first kappa shape index (κ1) is 45.3. The van der Waals surface area contributed by atoms with E-state index in [1.807, 2.05) is 6.08 Å². The highest BCUT2D eigenvalue weighted by Crippen LogP contribution is 2.12. The summed E-state index contributed by atoms with van der Waals surface area (Å²) in [5, 5.41) is 33.0. The van der Waals surface area contributed by atoms with Crippen LogP contribution in [0.15, 0.2) is 48.6 Å². The molecule has 0 radical (unpaired) electrons. The maximum Gasteiger partial charge on any atom is 0.249 e. The molecular weight excluding hydrogens is 582 g/mol. The minimum absolute atomic E-state index is 0.386. The summed E-state index contributed by atoms with van der Waals surface area (Å²) in [6, 6.07) is -0.825. The molecule has 0 spiro atoms. The van der Waals surface area contributed by atoms with Crippen LogP contribution in [0.25, 0.3) is 0 Å². The van der Waals surface area contributed by atoms with Crippen LogP contribution in [-0.2, 0) is 4.79 Å². The molecule has 5 heteroatoms. The number of nitrogens with one attached hydrogen (secondary N) is 1. The predicted molar refractivity (Wildman–Crippen MR) is 204 cm³/mol. The van der Waals surface area contributed by atoms with E-state index in [9.17, 15) is 20.1 Å². The standard InChI is InChI=1S/C42H77NO4/c1-3-5-7-9-11-13-15-17-19-21-23-25-27-29-31-33-35-37-41(46)42(47)43-39(38-44)40(45)36-34-32-30-28-26-24-22-20-18-16-14-12-10-8-6-4-2/h18,20,23,25-26,28,34,36,39-41,44-46H,3-17,19,21-22,24,27,29-33,35,37-38H2,1-2H3,(H,43,47)/b20-18+,25-23-,28-26+,36-34+. The van der Waals surface area contributed by atoms with Crippen molar-refractivity contribution < 1.29 is 20.1 Å². The van der Waals surface area contributed by atoms with E-state index >= 15 is 0 Å². The van der Waals surface area contributed by atoms with E-state index in [1.165, 1.54) is 109 Å². The minimum Gasteiger partial charge on any atom is -0.394 e. The molecule has 1 amide bonds. The first-order valence-electron chi connectivity index (χ1n) is 20.0. The fraction of sp³-hybridized carbons (Fsp3) is 0.786. The van der Waals surface area contributed by atoms with Crippen LogP contribution in [0.1, 0.15) is 187 Å². The van der Waals surface area contributed by atoms with Crippen molar-refractivity contribution in [3.63, 3.8) is 0 Å². The first-order chi connectivity index (χ1) is 23.1. The number of rotatable bonds is 35. The fourth-order valence-electron chi connectivity index (χ4n) is 5.68. The van der Waals surface area contributed by atoms with Gasteiger partial charge in [0, 0.05) is 0 Å². The summed E-state index contributed by atoms with van der Waals surface area (Å²) in [5.41, 5.74) is 0. The van der Waals surface area contributed by atoms with Gasteiger partial charge in [-0.3, -0.25) is 4.79 Å². The highest BCUT2D eigenvalue weighted by atomic mass is 16.3. The zero-order valence-electron chi connectivity index (χ0n) is 30.9. The van der Waals surface area contributed by atoms with Crippen LogP contribution in [0.3, 0.4) is 0 Å². The van der Waals surface area contributed by atoms with Gasteiger partial charge in [-0.2, -0.15) is 0 Å². The second kappa shape index (κ2) is 37.1. The molecule has 0 rings (SSSR count). The van der Waals surface area contributed by atoms with Crippen molar-refractivity contribution in [2.24, 2.45) is 0 Å². The van der Waals surface area contributed by atoms with E-state index in [1.54, 1.807) is 6.08 Å². The van der Waals surface area contributed by atoms with E-state index in [-0.39, 0.29) is 6.61 Å². The number of amides is 1. The highest BCUT2D eigenvalue weighted by molar-refractivity contribution is 5.80. The Kier molecular flexibility index (Phi) is 35.8. The third-order valence-electron chi connectivity index (χ3n) is 8.87. The number of carbonyl (C=O) groups excluding carboxylic acids is 1. The normalized spacial score (nSPS) is 14.2. The Bertz CT molecular complexity index is 775. The van der Waals surface area contributed by atoms with Crippen molar-refractivity contribution in [1.82, 2.24) is 5.32 Å². The van der Waals surface area contributed by atoms with Gasteiger partial charge < -0.3 is 20.6 Å². The van der Waals surface area contributed by atoms with Gasteiger partial charge in [0.2, 0.25) is 5.91 Å². The Morgan fingerprint density at radius 1 is 0.511 bits per heavy atom. The topological polar surface area (TPSA) is 89.8 Å². The van der Waals surface area contributed by atoms with E-state index in [0.717, 1.165) is 57.8 Å². The molecule has 0 aromatic heterocycles. The maximum atomic E-state index is 12.4. The van der Waals surface area contributed by atoms with Crippen molar-refractivity contribution in [1.29, 1.82) is 0 Å². The number of hydrogen-bond acceptors (Lipinski definition) is 4. The number of hydrogen-bond donors (Lipinski definition) is 4. The van der Waals surface area contributed by atoms with Crippen molar-refractivity contribution in [2.75, 3.05) is 6.61 Å². The third-order valence-corrected chi connectivity index (χ3v) is 8.87. The van der Waals surface area contributed by atoms with Gasteiger partial charge in [0.1, 0.15) is 6.10 Å². The molecule has 0 bridgehead atoms. The molecule has 0 heterocycles. The summed E-state index contributed by atoms with van der Waals surface area (Å²) < 4.78 is 0. The van der Waals surface area contributed by atoms with Crippen LogP contribution in [0, 0.1) is 0 Å². The van der Waals surface area contributed by atoms with Gasteiger partial charge >= 0.3 is 0 Å². The SMILES string of the molecule is CCCCCCCC/C=C/CC/C=C/CC/C=C/C(O)C(CO)NC(=O)C(O)CCCCCC/C=C\CCCCCCCCCCC. The lowest BCUT2D eigenvalue weighted by atomic mass is 10.1. The van der Waals surface area contributed by atoms with Crippen LogP contribution in [0.2, 0.25) is 0 Å². The quantitative estimate of drug-likeness (QED) is 0.0402. The van der Waals surface area contributed by atoms with Crippen LogP contribution in [0.4, 0.5) is 0 Å². The fourth-order valence-corrected chi connectivity index (χ4v) is 5.68. The predicted octanol–water partition coefficient (Wildman–Crippen LogP) is 11.0. The maximum absolute atomic E-state index is 12.4. The number of allylic oxidation sites excluding steroid dienone is 7. The molecule has 3 atom stereocenters. The Balaban J connectivity index is 3.82. The summed E-state index contributed by atoms with van der Waals surface area (Å²) in [4.78, 5) is 12.4. The van der Waals surface area contributed by atoms with Gasteiger partial charge in [-0.15, -0.1) is 0 Å². The van der Waals surface area contributed by atoms with Crippen LogP contribution >= 0.6 is 0 Å². The van der Waals surface area contributed by atoms with Crippen molar-refractivity contribution >= 4 is 5.91 Å². The molecule has 0 saturated heterocycles. The van der Waals surface area contributed by atoms with Crippen LogP contribution in [-0.4, -0.2) is 46.1 Å². The summed E-state index contributed by atoms with van der Waals surface area (Å²) in [6.45, 7) is 4.14. The van der Waals surface area contributed by atoms with Gasteiger partial charge in [0.05, 0.1) is 18.8 Å². The second-order valence-electron chi connectivity index (χ2n) is 13.5. The molecule has 274 valence electrons. The molecular formula is C42H77NO4.